The van der Waals surface area contributed by atoms with Crippen molar-refractivity contribution >= 4 is 23.0 Å². The van der Waals surface area contributed by atoms with Crippen molar-refractivity contribution in [3.63, 3.8) is 0 Å². The zero-order valence-electron chi connectivity index (χ0n) is 26.9. The van der Waals surface area contributed by atoms with Crippen LogP contribution in [0.3, 0.4) is 0 Å². The minimum absolute atomic E-state index is 0.217. The van der Waals surface area contributed by atoms with Crippen LogP contribution in [-0.2, 0) is 4.74 Å². The fraction of sp³-hybridized carbons (Fsp3) is 0.514. The molecular formula is C35H51N3O4. The molecule has 0 radical (unpaired) electrons. The molecule has 0 aliphatic carbocycles. The number of hydrogen-bond acceptors (Lipinski definition) is 6. The maximum atomic E-state index is 13.5. The molecule has 1 heterocycles. The second-order valence-electron chi connectivity index (χ2n) is 11.1. The second kappa shape index (κ2) is 16.3. The fourth-order valence-electron chi connectivity index (χ4n) is 5.12. The predicted octanol–water partition coefficient (Wildman–Crippen LogP) is 7.76. The van der Waals surface area contributed by atoms with Crippen LogP contribution < -0.4 is 25.0 Å². The van der Waals surface area contributed by atoms with Crippen molar-refractivity contribution in [2.24, 2.45) is 5.92 Å². The third-order valence-corrected chi connectivity index (χ3v) is 7.77. The van der Waals surface area contributed by atoms with Crippen LogP contribution in [-0.4, -0.2) is 45.9 Å². The van der Waals surface area contributed by atoms with Gasteiger partial charge in [0.05, 0.1) is 26.5 Å². The number of anilines is 2. The molecule has 1 amide bonds. The highest BCUT2D eigenvalue weighted by Crippen LogP contribution is 2.39. The molecule has 2 atom stereocenters. The molecule has 0 saturated heterocycles. The van der Waals surface area contributed by atoms with Gasteiger partial charge >= 0.3 is 0 Å². The molecule has 0 bridgehead atoms. The molecular weight excluding hydrogens is 526 g/mol. The smallest absolute Gasteiger partial charge is 0.258 e. The van der Waals surface area contributed by atoms with E-state index in [1.165, 1.54) is 16.8 Å². The molecule has 42 heavy (non-hydrogen) atoms. The van der Waals surface area contributed by atoms with Crippen molar-refractivity contribution in [3.8, 4) is 11.5 Å². The molecule has 0 fully saturated rings. The van der Waals surface area contributed by atoms with Crippen LogP contribution in [0.2, 0.25) is 0 Å². The number of carbonyl (C=O) groups excluding carboxylic acids is 1. The van der Waals surface area contributed by atoms with Crippen LogP contribution in [0, 0.1) is 12.8 Å². The van der Waals surface area contributed by atoms with Gasteiger partial charge in [-0.05, 0) is 74.8 Å². The molecule has 1 aliphatic heterocycles. The van der Waals surface area contributed by atoms with E-state index < -0.39 is 0 Å². The van der Waals surface area contributed by atoms with E-state index in [4.69, 9.17) is 14.2 Å². The molecule has 0 spiro atoms. The summed E-state index contributed by atoms with van der Waals surface area (Å²) in [5.74, 6) is 0.967. The highest BCUT2D eigenvalue weighted by molar-refractivity contribution is 6.00. The minimum atomic E-state index is -0.217. The van der Waals surface area contributed by atoms with Gasteiger partial charge in [-0.1, -0.05) is 45.8 Å². The van der Waals surface area contributed by atoms with Gasteiger partial charge in [-0.3, -0.25) is 4.79 Å². The number of rotatable bonds is 17. The van der Waals surface area contributed by atoms with Crippen LogP contribution in [0.25, 0.3) is 5.70 Å². The van der Waals surface area contributed by atoms with E-state index >= 15 is 0 Å². The Labute approximate surface area is 253 Å². The number of allylic oxidation sites excluding steroid dienone is 1. The predicted molar refractivity (Wildman–Crippen MR) is 174 cm³/mol. The maximum absolute atomic E-state index is 13.5. The number of amides is 1. The molecule has 1 aliphatic rings. The summed E-state index contributed by atoms with van der Waals surface area (Å²) >= 11 is 0. The first-order valence-electron chi connectivity index (χ1n) is 15.5. The van der Waals surface area contributed by atoms with Gasteiger partial charge in [-0.25, -0.2) is 0 Å². The fourth-order valence-corrected chi connectivity index (χ4v) is 5.12. The molecule has 230 valence electrons. The summed E-state index contributed by atoms with van der Waals surface area (Å²) < 4.78 is 17.4. The Morgan fingerprint density at radius 3 is 2.31 bits per heavy atom. The Bertz CT molecular complexity index is 1230. The SMILES string of the molecule is CCCOCC(CCC)CNC(=O)c1c(OC)cc(N(/C=C(/C)CC)c2ccc(C3=CC(CC)N3)cc2C)cc1OC. The lowest BCUT2D eigenvalue weighted by molar-refractivity contribution is 0.0853. The first kappa shape index (κ1) is 33.1. The van der Waals surface area contributed by atoms with Gasteiger partial charge in [0, 0.05) is 48.9 Å². The van der Waals surface area contributed by atoms with Gasteiger partial charge < -0.3 is 29.7 Å². The number of carbonyl (C=O) groups is 1. The lowest BCUT2D eigenvalue weighted by atomic mass is 9.98. The van der Waals surface area contributed by atoms with Crippen LogP contribution in [0.15, 0.2) is 48.2 Å². The topological polar surface area (TPSA) is 72.1 Å². The van der Waals surface area contributed by atoms with Gasteiger partial charge in [0.15, 0.2) is 0 Å². The quantitative estimate of drug-likeness (QED) is 0.187. The summed E-state index contributed by atoms with van der Waals surface area (Å²) in [6.07, 6.45) is 9.43. The number of nitrogens with zero attached hydrogens (tertiary/aromatic N) is 1. The highest BCUT2D eigenvalue weighted by Gasteiger charge is 2.24. The van der Waals surface area contributed by atoms with Crippen molar-refractivity contribution in [3.05, 3.63) is 64.9 Å². The van der Waals surface area contributed by atoms with Gasteiger partial charge in [-0.2, -0.15) is 0 Å². The molecule has 2 unspecified atom stereocenters. The summed E-state index contributed by atoms with van der Waals surface area (Å²) in [6, 6.07) is 10.8. The molecule has 3 rings (SSSR count). The first-order chi connectivity index (χ1) is 20.3. The normalized spacial score (nSPS) is 15.3. The molecule has 7 nitrogen and oxygen atoms in total. The van der Waals surface area contributed by atoms with E-state index in [2.05, 4.69) is 87.6 Å². The summed E-state index contributed by atoms with van der Waals surface area (Å²) in [6.45, 7) is 14.7. The largest absolute Gasteiger partial charge is 0.496 e. The van der Waals surface area contributed by atoms with E-state index in [1.807, 2.05) is 12.1 Å². The third-order valence-electron chi connectivity index (χ3n) is 7.77. The molecule has 7 heteroatoms. The van der Waals surface area contributed by atoms with E-state index in [0.717, 1.165) is 55.6 Å². The van der Waals surface area contributed by atoms with Crippen molar-refractivity contribution in [1.82, 2.24) is 10.6 Å². The number of methoxy groups -OCH3 is 2. The zero-order valence-corrected chi connectivity index (χ0v) is 26.9. The van der Waals surface area contributed by atoms with E-state index in [0.29, 0.717) is 36.3 Å². The number of benzene rings is 2. The maximum Gasteiger partial charge on any atom is 0.258 e. The Kier molecular flexibility index (Phi) is 12.8. The van der Waals surface area contributed by atoms with E-state index in [1.54, 1.807) is 14.2 Å². The van der Waals surface area contributed by atoms with Gasteiger partial charge in [0.25, 0.3) is 5.91 Å². The molecule has 0 aromatic heterocycles. The molecule has 2 aromatic carbocycles. The second-order valence-corrected chi connectivity index (χ2v) is 11.1. The summed E-state index contributed by atoms with van der Waals surface area (Å²) in [5, 5.41) is 6.65. The number of nitrogens with one attached hydrogen (secondary N) is 2. The van der Waals surface area contributed by atoms with Crippen molar-refractivity contribution in [2.75, 3.05) is 38.9 Å². The van der Waals surface area contributed by atoms with Gasteiger partial charge in [-0.15, -0.1) is 0 Å². The zero-order chi connectivity index (χ0) is 30.6. The van der Waals surface area contributed by atoms with Crippen LogP contribution in [0.4, 0.5) is 11.4 Å². The minimum Gasteiger partial charge on any atom is -0.496 e. The lowest BCUT2D eigenvalue weighted by Crippen LogP contribution is -2.34. The molecule has 2 aromatic rings. The van der Waals surface area contributed by atoms with Gasteiger partial charge in [0.1, 0.15) is 17.1 Å². The van der Waals surface area contributed by atoms with Crippen molar-refractivity contribution < 1.29 is 19.0 Å². The highest BCUT2D eigenvalue weighted by atomic mass is 16.5. The summed E-state index contributed by atoms with van der Waals surface area (Å²) in [5.41, 5.74) is 7.02. The first-order valence-corrected chi connectivity index (χ1v) is 15.5. The Balaban J connectivity index is 1.96. The number of hydrogen-bond donors (Lipinski definition) is 2. The molecule has 2 N–H and O–H groups in total. The van der Waals surface area contributed by atoms with Crippen LogP contribution >= 0.6 is 0 Å². The Morgan fingerprint density at radius 2 is 1.76 bits per heavy atom. The number of ether oxygens (including phenoxy) is 3. The lowest BCUT2D eigenvalue weighted by Gasteiger charge is -2.29. The standard InChI is InChI=1S/C35H51N3O4/c1-9-13-26(23-42-16-10-2)21-36-35(39)34-32(40-7)19-29(20-33(34)41-8)38(22-24(5)11-3)31-15-14-27(17-25(31)6)30-18-28(12-4)37-30/h14-15,17-20,22,26,28,37H,9-13,16,21,23H2,1-8H3,(H,36,39)/b24-22-. The monoisotopic (exact) mass is 577 g/mol. The van der Waals surface area contributed by atoms with Crippen molar-refractivity contribution in [1.29, 1.82) is 0 Å². The van der Waals surface area contributed by atoms with Crippen LogP contribution in [0.5, 0.6) is 11.5 Å². The van der Waals surface area contributed by atoms with Crippen molar-refractivity contribution in [2.45, 2.75) is 79.7 Å². The van der Waals surface area contributed by atoms with Crippen LogP contribution in [0.1, 0.15) is 88.2 Å². The van der Waals surface area contributed by atoms with E-state index in [-0.39, 0.29) is 11.8 Å². The van der Waals surface area contributed by atoms with Gasteiger partial charge in [0.2, 0.25) is 0 Å². The molecule has 0 saturated carbocycles. The Morgan fingerprint density at radius 1 is 1.07 bits per heavy atom. The Hall–Kier alpha value is -3.45. The number of aryl methyl sites for hydroxylation is 1. The average molecular weight is 578 g/mol. The summed E-state index contributed by atoms with van der Waals surface area (Å²) in [7, 11) is 3.18. The van der Waals surface area contributed by atoms with E-state index in [9.17, 15) is 4.79 Å². The average Bonchev–Trinajstić information content (AvgIpc) is 2.97. The third kappa shape index (κ3) is 8.31. The summed E-state index contributed by atoms with van der Waals surface area (Å²) in [4.78, 5) is 15.7.